The second kappa shape index (κ2) is 12.0. The number of rotatable bonds is 10. The minimum atomic E-state index is -1.01. The number of carboxylic acid groups (broad SMARTS) is 1. The van der Waals surface area contributed by atoms with Crippen molar-refractivity contribution in [2.24, 2.45) is 0 Å². The molecule has 0 spiro atoms. The van der Waals surface area contributed by atoms with E-state index in [9.17, 15) is 19.5 Å². The number of carboxylic acids is 1. The average molecular weight is 523 g/mol. The maximum Gasteiger partial charge on any atom is 0.411 e. The largest absolute Gasteiger partial charge is 0.496 e. The molecule has 0 radical (unpaired) electrons. The summed E-state index contributed by atoms with van der Waals surface area (Å²) in [5.41, 5.74) is 4.03. The van der Waals surface area contributed by atoms with Crippen molar-refractivity contribution in [2.75, 3.05) is 19.0 Å². The number of aromatic nitrogens is 1. The number of carbonyl (C=O) groups is 3. The van der Waals surface area contributed by atoms with Gasteiger partial charge in [0.15, 0.2) is 0 Å². The van der Waals surface area contributed by atoms with Gasteiger partial charge >= 0.3 is 18.0 Å². The van der Waals surface area contributed by atoms with Crippen molar-refractivity contribution in [3.63, 3.8) is 0 Å². The van der Waals surface area contributed by atoms with Gasteiger partial charge in [0, 0.05) is 41.3 Å². The molecule has 9 heteroatoms. The number of carbonyl (C=O) groups excluding carboxylic acids is 2. The number of nitrogens with one attached hydrogen (secondary N) is 1. The van der Waals surface area contributed by atoms with Gasteiger partial charge in [-0.25, -0.2) is 9.59 Å². The van der Waals surface area contributed by atoms with Crippen LogP contribution < -0.4 is 10.1 Å². The predicted octanol–water partition coefficient (Wildman–Crippen LogP) is 5.69. The van der Waals surface area contributed by atoms with E-state index >= 15 is 0 Å². The summed E-state index contributed by atoms with van der Waals surface area (Å²) in [5.74, 6) is -0.764. The van der Waals surface area contributed by atoms with E-state index in [4.69, 9.17) is 14.2 Å². The molecule has 38 heavy (non-hydrogen) atoms. The van der Waals surface area contributed by atoms with Crippen molar-refractivity contribution >= 4 is 34.6 Å². The first kappa shape index (κ1) is 27.0. The van der Waals surface area contributed by atoms with Gasteiger partial charge in [-0.05, 0) is 74.9 Å². The molecule has 0 unspecified atom stereocenters. The van der Waals surface area contributed by atoms with Gasteiger partial charge < -0.3 is 23.9 Å². The van der Waals surface area contributed by atoms with Crippen LogP contribution >= 0.6 is 0 Å². The summed E-state index contributed by atoms with van der Waals surface area (Å²) in [4.78, 5) is 36.1. The van der Waals surface area contributed by atoms with Crippen LogP contribution in [0, 0.1) is 6.92 Å². The number of hydrogen-bond donors (Lipinski definition) is 2. The number of nitrogens with zero attached hydrogens (tertiary/aromatic N) is 1. The lowest BCUT2D eigenvalue weighted by Crippen LogP contribution is -2.20. The van der Waals surface area contributed by atoms with Crippen LogP contribution in [0.1, 0.15) is 66.1 Å². The Balaban J connectivity index is 1.67. The number of esters is 1. The van der Waals surface area contributed by atoms with Gasteiger partial charge in [0.2, 0.25) is 0 Å². The smallest absolute Gasteiger partial charge is 0.411 e. The van der Waals surface area contributed by atoms with E-state index in [0.717, 1.165) is 47.7 Å². The fourth-order valence-corrected chi connectivity index (χ4v) is 5.13. The summed E-state index contributed by atoms with van der Waals surface area (Å²) in [6.45, 7) is 4.26. The van der Waals surface area contributed by atoms with Crippen LogP contribution in [0.4, 0.5) is 10.5 Å². The second-order valence-electron chi connectivity index (χ2n) is 9.48. The molecule has 4 rings (SSSR count). The highest BCUT2D eigenvalue weighted by Crippen LogP contribution is 2.33. The van der Waals surface area contributed by atoms with Gasteiger partial charge in [-0.15, -0.1) is 0 Å². The van der Waals surface area contributed by atoms with Crippen LogP contribution in [0.2, 0.25) is 0 Å². The van der Waals surface area contributed by atoms with Crippen molar-refractivity contribution in [1.82, 2.24) is 4.57 Å². The molecule has 2 N–H and O–H groups in total. The zero-order valence-electron chi connectivity index (χ0n) is 22.0. The highest BCUT2D eigenvalue weighted by Gasteiger charge is 2.21. The van der Waals surface area contributed by atoms with Gasteiger partial charge in [0.05, 0.1) is 25.7 Å². The molecule has 3 aromatic rings. The summed E-state index contributed by atoms with van der Waals surface area (Å²) in [6, 6.07) is 8.96. The first-order valence-electron chi connectivity index (χ1n) is 13.0. The van der Waals surface area contributed by atoms with Crippen LogP contribution in [-0.4, -0.2) is 47.5 Å². The molecule has 1 fully saturated rings. The second-order valence-corrected chi connectivity index (χ2v) is 9.48. The molecule has 1 aliphatic carbocycles. The minimum Gasteiger partial charge on any atom is -0.496 e. The molecule has 9 nitrogen and oxygen atoms in total. The Morgan fingerprint density at radius 2 is 1.87 bits per heavy atom. The van der Waals surface area contributed by atoms with Gasteiger partial charge in [0.1, 0.15) is 11.9 Å². The summed E-state index contributed by atoms with van der Waals surface area (Å²) in [6.07, 6.45) is 6.08. The third kappa shape index (κ3) is 6.10. The van der Waals surface area contributed by atoms with Crippen molar-refractivity contribution in [2.45, 2.75) is 65.0 Å². The van der Waals surface area contributed by atoms with Crippen molar-refractivity contribution in [3.8, 4) is 5.75 Å². The molecule has 202 valence electrons. The summed E-state index contributed by atoms with van der Waals surface area (Å²) in [5, 5.41) is 13.2. The number of benzene rings is 2. The van der Waals surface area contributed by atoms with E-state index in [1.807, 2.05) is 29.0 Å². The average Bonchev–Trinajstić information content (AvgIpc) is 3.50. The molecular weight excluding hydrogens is 488 g/mol. The third-order valence-corrected chi connectivity index (χ3v) is 6.95. The van der Waals surface area contributed by atoms with Gasteiger partial charge in [0.25, 0.3) is 0 Å². The summed E-state index contributed by atoms with van der Waals surface area (Å²) < 4.78 is 18.2. The molecule has 1 amide bonds. The fraction of sp³-hybridized carbons (Fsp3) is 0.414. The van der Waals surface area contributed by atoms with Crippen molar-refractivity contribution in [3.05, 3.63) is 58.8 Å². The maximum atomic E-state index is 12.5. The van der Waals surface area contributed by atoms with E-state index in [2.05, 4.69) is 5.32 Å². The quantitative estimate of drug-likeness (QED) is 0.329. The van der Waals surface area contributed by atoms with E-state index in [1.165, 1.54) is 7.11 Å². The molecule has 0 aliphatic heterocycles. The van der Waals surface area contributed by atoms with Crippen molar-refractivity contribution in [1.29, 1.82) is 0 Å². The van der Waals surface area contributed by atoms with Crippen molar-refractivity contribution < 1.29 is 33.7 Å². The monoisotopic (exact) mass is 522 g/mol. The molecule has 1 heterocycles. The number of aryl methyl sites for hydroxylation is 1. The fourth-order valence-electron chi connectivity index (χ4n) is 5.13. The summed E-state index contributed by atoms with van der Waals surface area (Å²) >= 11 is 0. The number of aromatic carboxylic acids is 1. The molecule has 1 aromatic heterocycles. The standard InChI is InChI=1S/C29H34N2O7/c1-4-37-26(32)13-14-31-17-20(15-19-9-11-23(28(33)34)18(2)27(19)36-3)24-16-21(10-12-25(24)31)30-29(35)38-22-7-5-6-8-22/h9-12,16-17,22H,4-8,13-15H2,1-3H3,(H,30,35)(H,33,34). The van der Waals surface area contributed by atoms with Gasteiger partial charge in [-0.1, -0.05) is 6.07 Å². The van der Waals surface area contributed by atoms with Gasteiger partial charge in [-0.2, -0.15) is 0 Å². The number of hydrogen-bond acceptors (Lipinski definition) is 6. The lowest BCUT2D eigenvalue weighted by Gasteiger charge is -2.14. The molecule has 0 bridgehead atoms. The number of methoxy groups -OCH3 is 1. The van der Waals surface area contributed by atoms with Crippen LogP contribution in [-0.2, 0) is 27.2 Å². The first-order valence-corrected chi connectivity index (χ1v) is 13.0. The van der Waals surface area contributed by atoms with E-state index in [1.54, 1.807) is 26.0 Å². The van der Waals surface area contributed by atoms with E-state index < -0.39 is 12.1 Å². The number of amides is 1. The first-order chi connectivity index (χ1) is 18.3. The lowest BCUT2D eigenvalue weighted by atomic mass is 9.98. The minimum absolute atomic E-state index is 0.0391. The Hall–Kier alpha value is -4.01. The Kier molecular flexibility index (Phi) is 8.55. The topological polar surface area (TPSA) is 116 Å². The van der Waals surface area contributed by atoms with Crippen LogP contribution in [0.15, 0.2) is 36.5 Å². The third-order valence-electron chi connectivity index (χ3n) is 6.95. The zero-order chi connectivity index (χ0) is 27.2. The lowest BCUT2D eigenvalue weighted by molar-refractivity contribution is -0.143. The molecule has 0 atom stereocenters. The summed E-state index contributed by atoms with van der Waals surface area (Å²) in [7, 11) is 1.53. The Bertz CT molecular complexity index is 1340. The van der Waals surface area contributed by atoms with Crippen LogP contribution in [0.3, 0.4) is 0 Å². The van der Waals surface area contributed by atoms with Crippen LogP contribution in [0.5, 0.6) is 5.75 Å². The number of ether oxygens (including phenoxy) is 3. The normalized spacial score (nSPS) is 13.4. The number of anilines is 1. The predicted molar refractivity (Wildman–Crippen MR) is 143 cm³/mol. The maximum absolute atomic E-state index is 12.5. The highest BCUT2D eigenvalue weighted by atomic mass is 16.6. The highest BCUT2D eigenvalue weighted by molar-refractivity contribution is 5.93. The molecule has 2 aromatic carbocycles. The Labute approximate surface area is 221 Å². The molecule has 1 aliphatic rings. The Morgan fingerprint density at radius 3 is 2.55 bits per heavy atom. The van der Waals surface area contributed by atoms with Gasteiger partial charge in [-0.3, -0.25) is 10.1 Å². The van der Waals surface area contributed by atoms with E-state index in [-0.39, 0.29) is 24.1 Å². The SMILES string of the molecule is CCOC(=O)CCn1cc(Cc2ccc(C(=O)O)c(C)c2OC)c2cc(NC(=O)OC3CCCC3)ccc21. The molecular formula is C29H34N2O7. The zero-order valence-corrected chi connectivity index (χ0v) is 22.0. The van der Waals surface area contributed by atoms with Crippen LogP contribution in [0.25, 0.3) is 10.9 Å². The molecule has 0 saturated heterocycles. The van der Waals surface area contributed by atoms with E-state index in [0.29, 0.717) is 36.6 Å². The Morgan fingerprint density at radius 1 is 1.11 bits per heavy atom. The number of fused-ring (bicyclic) bond motifs is 1. The molecule has 1 saturated carbocycles.